The van der Waals surface area contributed by atoms with Crippen molar-refractivity contribution in [2.75, 3.05) is 13.2 Å². The third kappa shape index (κ3) is 4.85. The maximum absolute atomic E-state index is 12.4. The maximum Gasteiger partial charge on any atom is 0.353 e. The zero-order valence-corrected chi connectivity index (χ0v) is 18.3. The second-order valence-corrected chi connectivity index (χ2v) is 8.49. The highest BCUT2D eigenvalue weighted by Crippen LogP contribution is 2.28. The van der Waals surface area contributed by atoms with E-state index in [2.05, 4.69) is 15.3 Å². The molecule has 35 heavy (non-hydrogen) atoms. The molecule has 5 heterocycles. The predicted octanol–water partition coefficient (Wildman–Crippen LogP) is -2.77. The number of fused-ring (bicyclic) bond motifs is 1. The molecule has 0 saturated carbocycles. The number of aromatic nitrogens is 5. The zero-order chi connectivity index (χ0) is 24.7. The maximum atomic E-state index is 12.4. The van der Waals surface area contributed by atoms with Gasteiger partial charge in [-0.2, -0.15) is 4.98 Å². The Morgan fingerprint density at radius 1 is 1.14 bits per heavy atom. The summed E-state index contributed by atoms with van der Waals surface area (Å²) in [7, 11) is 0. The van der Waals surface area contributed by atoms with E-state index in [1.165, 1.54) is 15.4 Å². The van der Waals surface area contributed by atoms with Crippen LogP contribution in [0.25, 0.3) is 11.1 Å². The molecule has 5 N–H and O–H groups in total. The van der Waals surface area contributed by atoms with Gasteiger partial charge in [-0.05, 0) is 6.07 Å². The van der Waals surface area contributed by atoms with Gasteiger partial charge in [0.15, 0.2) is 6.29 Å². The average molecular weight is 495 g/mol. The third-order valence-electron chi connectivity index (χ3n) is 5.94. The molecule has 3 aromatic rings. The van der Waals surface area contributed by atoms with Crippen molar-refractivity contribution in [1.82, 2.24) is 24.5 Å². The first-order valence-electron chi connectivity index (χ1n) is 10.9. The Balaban J connectivity index is 1.24. The van der Waals surface area contributed by atoms with E-state index >= 15 is 0 Å². The van der Waals surface area contributed by atoms with Crippen LogP contribution in [-0.4, -0.2) is 100 Å². The van der Waals surface area contributed by atoms with E-state index < -0.39 is 48.7 Å². The molecule has 0 unspecified atom stereocenters. The summed E-state index contributed by atoms with van der Waals surface area (Å²) in [6, 6.07) is 1.68. The fraction of sp³-hybridized carbons (Fsp3) is 0.600. The SMILES string of the molecule is O=c1nc2oc(Cn3cc(CO[C@@H]4OC[C@@H](O)[C@H](O)[C@H]4O)nn3)cc2cn1[C@H]1C[C@H](O)[C@@H](CO)O1. The van der Waals surface area contributed by atoms with Crippen LogP contribution in [-0.2, 0) is 27.4 Å². The van der Waals surface area contributed by atoms with Crippen LogP contribution in [0.15, 0.2) is 27.7 Å². The minimum atomic E-state index is -1.40. The number of nitrogens with zero attached hydrogens (tertiary/aromatic N) is 5. The van der Waals surface area contributed by atoms with Gasteiger partial charge in [-0.1, -0.05) is 5.21 Å². The molecule has 0 aromatic carbocycles. The van der Waals surface area contributed by atoms with Crippen molar-refractivity contribution in [2.45, 2.75) is 62.6 Å². The van der Waals surface area contributed by atoms with E-state index in [1.54, 1.807) is 12.3 Å². The summed E-state index contributed by atoms with van der Waals surface area (Å²) in [5.74, 6) is 0.450. The van der Waals surface area contributed by atoms with Crippen molar-refractivity contribution in [1.29, 1.82) is 0 Å². The molecular weight excluding hydrogens is 470 g/mol. The molecule has 0 radical (unpaired) electrons. The summed E-state index contributed by atoms with van der Waals surface area (Å²) in [5, 5.41) is 56.8. The molecule has 3 aromatic heterocycles. The summed E-state index contributed by atoms with van der Waals surface area (Å²) < 4.78 is 24.5. The Hall–Kier alpha value is -2.76. The lowest BCUT2D eigenvalue weighted by Crippen LogP contribution is -2.53. The second-order valence-electron chi connectivity index (χ2n) is 8.49. The molecule has 15 heteroatoms. The monoisotopic (exact) mass is 495 g/mol. The summed E-state index contributed by atoms with van der Waals surface area (Å²) in [4.78, 5) is 16.4. The van der Waals surface area contributed by atoms with Crippen LogP contribution in [0.5, 0.6) is 0 Å². The fourth-order valence-corrected chi connectivity index (χ4v) is 4.05. The Kier molecular flexibility index (Phi) is 6.65. The van der Waals surface area contributed by atoms with E-state index in [9.17, 15) is 30.3 Å². The normalized spacial score (nSPS) is 31.4. The van der Waals surface area contributed by atoms with Gasteiger partial charge < -0.3 is 44.2 Å². The van der Waals surface area contributed by atoms with E-state index in [0.29, 0.717) is 16.8 Å². The summed E-state index contributed by atoms with van der Waals surface area (Å²) in [6.07, 6.45) is -4.23. The van der Waals surface area contributed by atoms with Crippen LogP contribution in [0.2, 0.25) is 0 Å². The Morgan fingerprint density at radius 2 is 1.97 bits per heavy atom. The van der Waals surface area contributed by atoms with Gasteiger partial charge in [0, 0.05) is 12.6 Å². The van der Waals surface area contributed by atoms with Crippen molar-refractivity contribution >= 4 is 11.1 Å². The first-order valence-corrected chi connectivity index (χ1v) is 10.9. The molecule has 0 amide bonds. The number of rotatable bonds is 7. The van der Waals surface area contributed by atoms with Gasteiger partial charge in [-0.15, -0.1) is 5.10 Å². The molecular formula is C20H25N5O10. The first-order chi connectivity index (χ1) is 16.8. The van der Waals surface area contributed by atoms with Crippen molar-refractivity contribution in [2.24, 2.45) is 0 Å². The van der Waals surface area contributed by atoms with Gasteiger partial charge in [-0.3, -0.25) is 4.57 Å². The molecule has 0 aliphatic carbocycles. The molecule has 2 saturated heterocycles. The van der Waals surface area contributed by atoms with Gasteiger partial charge in [0.25, 0.3) is 0 Å². The number of hydrogen-bond donors (Lipinski definition) is 5. The van der Waals surface area contributed by atoms with E-state index in [1.807, 2.05) is 0 Å². The lowest BCUT2D eigenvalue weighted by molar-refractivity contribution is -0.273. The number of hydrogen-bond acceptors (Lipinski definition) is 13. The van der Waals surface area contributed by atoms with Crippen molar-refractivity contribution in [3.63, 3.8) is 0 Å². The fourth-order valence-electron chi connectivity index (χ4n) is 4.05. The van der Waals surface area contributed by atoms with E-state index in [-0.39, 0.29) is 38.5 Å². The molecule has 2 aliphatic rings. The molecule has 2 fully saturated rings. The van der Waals surface area contributed by atoms with Crippen molar-refractivity contribution in [3.05, 3.63) is 40.4 Å². The molecule has 0 spiro atoms. The number of ether oxygens (including phenoxy) is 3. The van der Waals surface area contributed by atoms with Crippen LogP contribution in [0.4, 0.5) is 0 Å². The minimum Gasteiger partial charge on any atom is -0.441 e. The van der Waals surface area contributed by atoms with Gasteiger partial charge >= 0.3 is 5.69 Å². The van der Waals surface area contributed by atoms with Crippen LogP contribution in [0, 0.1) is 0 Å². The molecule has 190 valence electrons. The number of furan rings is 1. The standard InChI is InChI=1S/C20H25N5O10/c26-6-14-12(27)2-15(35-14)25-3-9-1-11(34-18(9)21-20(25)31)5-24-4-10(22-23-24)7-32-19-17(30)16(29)13(28)8-33-19/h1,3-4,12-17,19,26-30H,2,5-8H2/t12-,13+,14+,15+,16-,17+,19+/m0/s1. The molecule has 15 nitrogen and oxygen atoms in total. The minimum absolute atomic E-state index is 0.0617. The highest BCUT2D eigenvalue weighted by atomic mass is 16.7. The van der Waals surface area contributed by atoms with Gasteiger partial charge in [0.1, 0.15) is 48.6 Å². The van der Waals surface area contributed by atoms with Crippen molar-refractivity contribution in [3.8, 4) is 0 Å². The predicted molar refractivity (Wildman–Crippen MR) is 112 cm³/mol. The molecule has 2 aliphatic heterocycles. The highest BCUT2D eigenvalue weighted by molar-refractivity contribution is 5.72. The Bertz CT molecular complexity index is 1230. The summed E-state index contributed by atoms with van der Waals surface area (Å²) in [6.45, 7) is -0.414. The van der Waals surface area contributed by atoms with Crippen LogP contribution < -0.4 is 5.69 Å². The Morgan fingerprint density at radius 3 is 2.74 bits per heavy atom. The summed E-state index contributed by atoms with van der Waals surface area (Å²) >= 11 is 0. The number of aliphatic hydroxyl groups is 5. The number of aliphatic hydroxyl groups excluding tert-OH is 5. The van der Waals surface area contributed by atoms with Crippen LogP contribution in [0.3, 0.4) is 0 Å². The smallest absolute Gasteiger partial charge is 0.353 e. The highest BCUT2D eigenvalue weighted by Gasteiger charge is 2.38. The molecule has 0 bridgehead atoms. The first kappa shape index (κ1) is 24.0. The van der Waals surface area contributed by atoms with E-state index in [4.69, 9.17) is 18.6 Å². The molecule has 7 atom stereocenters. The topological polar surface area (TPSA) is 208 Å². The van der Waals surface area contributed by atoms with Gasteiger partial charge in [-0.25, -0.2) is 9.48 Å². The lowest BCUT2D eigenvalue weighted by Gasteiger charge is -2.34. The Labute approximate surface area is 196 Å². The second kappa shape index (κ2) is 9.71. The zero-order valence-electron chi connectivity index (χ0n) is 18.3. The van der Waals surface area contributed by atoms with Gasteiger partial charge in [0.2, 0.25) is 5.71 Å². The lowest BCUT2D eigenvalue weighted by atomic mass is 10.1. The summed E-state index contributed by atoms with van der Waals surface area (Å²) in [5.41, 5.74) is -0.0591. The van der Waals surface area contributed by atoms with Crippen LogP contribution >= 0.6 is 0 Å². The van der Waals surface area contributed by atoms with Crippen molar-refractivity contribution < 1.29 is 44.2 Å². The average Bonchev–Trinajstić information content (AvgIpc) is 3.54. The van der Waals surface area contributed by atoms with Gasteiger partial charge in [0.05, 0.1) is 37.5 Å². The quantitative estimate of drug-likeness (QED) is 0.225. The third-order valence-corrected chi connectivity index (χ3v) is 5.94. The molecule has 5 rings (SSSR count). The van der Waals surface area contributed by atoms with Crippen LogP contribution in [0.1, 0.15) is 24.1 Å². The van der Waals surface area contributed by atoms with E-state index in [0.717, 1.165) is 0 Å². The largest absolute Gasteiger partial charge is 0.441 e.